The van der Waals surface area contributed by atoms with E-state index in [-0.39, 0.29) is 0 Å². The third kappa shape index (κ3) is 7.77. The second kappa shape index (κ2) is 10.4. The number of rotatable bonds is 0. The smallest absolute Gasteiger partial charge is 0.0267 e. The normalized spacial score (nSPS) is 8.50. The van der Waals surface area contributed by atoms with E-state index >= 15 is 0 Å². The van der Waals surface area contributed by atoms with Gasteiger partial charge in [0, 0.05) is 24.8 Å². The highest BCUT2D eigenvalue weighted by Gasteiger charge is 1.83. The number of pyridine rings is 2. The Labute approximate surface area is 121 Å². The molecular weight excluding hydrogens is 244 g/mol. The fourth-order valence-electron chi connectivity index (χ4n) is 1.29. The van der Waals surface area contributed by atoms with E-state index in [1.807, 2.05) is 36.4 Å². The zero-order valence-corrected chi connectivity index (χ0v) is 12.0. The predicted molar refractivity (Wildman–Crippen MR) is 84.4 cm³/mol. The lowest BCUT2D eigenvalue weighted by Crippen LogP contribution is -1.74. The summed E-state index contributed by atoms with van der Waals surface area (Å²) in [5, 5.41) is 0. The van der Waals surface area contributed by atoms with Crippen LogP contribution in [-0.2, 0) is 0 Å². The van der Waals surface area contributed by atoms with E-state index < -0.39 is 0 Å². The Morgan fingerprint density at radius 3 is 1.00 bits per heavy atom. The molecule has 0 unspecified atom stereocenters. The zero-order chi connectivity index (χ0) is 14.5. The Kier molecular flexibility index (Phi) is 8.13. The van der Waals surface area contributed by atoms with Crippen LogP contribution in [0.15, 0.2) is 85.5 Å². The summed E-state index contributed by atoms with van der Waals surface area (Å²) in [5.41, 5.74) is 2.74. The largest absolute Gasteiger partial charge is 0.265 e. The average molecular weight is 264 g/mol. The molecule has 0 atom stereocenters. The van der Waals surface area contributed by atoms with Crippen molar-refractivity contribution in [3.05, 3.63) is 96.6 Å². The van der Waals surface area contributed by atoms with Gasteiger partial charge in [-0.25, -0.2) is 0 Å². The molecule has 3 aromatic rings. The van der Waals surface area contributed by atoms with Gasteiger partial charge in [0.05, 0.1) is 0 Å². The Morgan fingerprint density at radius 1 is 0.500 bits per heavy atom. The lowest BCUT2D eigenvalue weighted by molar-refractivity contribution is 1.33. The first kappa shape index (κ1) is 15.6. The van der Waals surface area contributed by atoms with Crippen LogP contribution in [0.2, 0.25) is 0 Å². The molecule has 0 saturated heterocycles. The molecule has 1 aromatic carbocycles. The quantitative estimate of drug-likeness (QED) is 0.599. The third-order valence-electron chi connectivity index (χ3n) is 2.56. The topological polar surface area (TPSA) is 25.8 Å². The van der Waals surface area contributed by atoms with E-state index in [1.54, 1.807) is 24.8 Å². The summed E-state index contributed by atoms with van der Waals surface area (Å²) in [4.78, 5) is 7.57. The summed E-state index contributed by atoms with van der Waals surface area (Å²) in [6.45, 7) is 4.24. The molecule has 0 amide bonds. The molecule has 102 valence electrons. The van der Waals surface area contributed by atoms with E-state index in [0.29, 0.717) is 0 Å². The number of hydrogen-bond acceptors (Lipinski definition) is 2. The number of aryl methyl sites for hydroxylation is 2. The van der Waals surface area contributed by atoms with Gasteiger partial charge in [-0.1, -0.05) is 36.4 Å². The molecule has 0 aliphatic rings. The molecule has 2 heteroatoms. The predicted octanol–water partition coefficient (Wildman–Crippen LogP) is 4.47. The molecule has 2 aromatic heterocycles. The van der Waals surface area contributed by atoms with Crippen molar-refractivity contribution in [2.24, 2.45) is 0 Å². The van der Waals surface area contributed by atoms with Crippen LogP contribution in [0, 0.1) is 13.8 Å². The van der Waals surface area contributed by atoms with Crippen LogP contribution in [0.5, 0.6) is 0 Å². The highest BCUT2D eigenvalue weighted by Crippen LogP contribution is 2.02. The van der Waals surface area contributed by atoms with E-state index in [4.69, 9.17) is 0 Å². The maximum atomic E-state index is 3.78. The van der Waals surface area contributed by atoms with Crippen molar-refractivity contribution >= 4 is 0 Å². The first-order chi connectivity index (χ1) is 9.80. The number of nitrogens with zero attached hydrogens (tertiary/aromatic N) is 2. The fourth-order valence-corrected chi connectivity index (χ4v) is 1.29. The lowest BCUT2D eigenvalue weighted by Gasteiger charge is -1.93. The standard InChI is InChI=1S/C8H10.2C5H5N/c1-7-5-3-4-6-8(7)2;2*1-2-4-6-5-3-1/h3-6H,1-2H3;2*1-5H. The minimum atomic E-state index is 1.37. The Morgan fingerprint density at radius 2 is 0.850 bits per heavy atom. The van der Waals surface area contributed by atoms with Crippen LogP contribution in [0.1, 0.15) is 11.1 Å². The summed E-state index contributed by atoms with van der Waals surface area (Å²) in [6.07, 6.45) is 7.00. The van der Waals surface area contributed by atoms with E-state index in [1.165, 1.54) is 11.1 Å². The molecule has 3 rings (SSSR count). The molecule has 0 aliphatic carbocycles. The van der Waals surface area contributed by atoms with Crippen molar-refractivity contribution in [2.45, 2.75) is 13.8 Å². The van der Waals surface area contributed by atoms with Crippen LogP contribution in [0.3, 0.4) is 0 Å². The van der Waals surface area contributed by atoms with Crippen molar-refractivity contribution in [3.8, 4) is 0 Å². The third-order valence-corrected chi connectivity index (χ3v) is 2.56. The van der Waals surface area contributed by atoms with Crippen molar-refractivity contribution in [1.82, 2.24) is 9.97 Å². The van der Waals surface area contributed by atoms with Crippen LogP contribution < -0.4 is 0 Å². The number of benzene rings is 1. The summed E-state index contributed by atoms with van der Waals surface area (Å²) in [5.74, 6) is 0. The second-order valence-corrected chi connectivity index (χ2v) is 4.13. The van der Waals surface area contributed by atoms with Crippen LogP contribution in [0.4, 0.5) is 0 Å². The van der Waals surface area contributed by atoms with Gasteiger partial charge in [0.25, 0.3) is 0 Å². The fraction of sp³-hybridized carbons (Fsp3) is 0.111. The lowest BCUT2D eigenvalue weighted by atomic mass is 10.1. The molecule has 2 heterocycles. The minimum absolute atomic E-state index is 1.37. The van der Waals surface area contributed by atoms with Crippen LogP contribution in [0.25, 0.3) is 0 Å². The van der Waals surface area contributed by atoms with Crippen LogP contribution in [-0.4, -0.2) is 9.97 Å². The highest BCUT2D eigenvalue weighted by molar-refractivity contribution is 5.23. The Balaban J connectivity index is 0.000000152. The van der Waals surface area contributed by atoms with Crippen molar-refractivity contribution < 1.29 is 0 Å². The molecule has 0 saturated carbocycles. The van der Waals surface area contributed by atoms with E-state index in [0.717, 1.165) is 0 Å². The maximum Gasteiger partial charge on any atom is 0.0267 e. The van der Waals surface area contributed by atoms with Gasteiger partial charge in [-0.15, -0.1) is 0 Å². The van der Waals surface area contributed by atoms with Crippen molar-refractivity contribution in [1.29, 1.82) is 0 Å². The van der Waals surface area contributed by atoms with E-state index in [2.05, 4.69) is 48.1 Å². The minimum Gasteiger partial charge on any atom is -0.265 e. The Bertz CT molecular complexity index is 445. The SMILES string of the molecule is Cc1ccccc1C.c1ccncc1.c1ccncc1. The molecule has 0 fully saturated rings. The monoisotopic (exact) mass is 264 g/mol. The zero-order valence-electron chi connectivity index (χ0n) is 12.0. The summed E-state index contributed by atoms with van der Waals surface area (Å²) in [6, 6.07) is 19.8. The summed E-state index contributed by atoms with van der Waals surface area (Å²) in [7, 11) is 0. The molecule has 0 bridgehead atoms. The second-order valence-electron chi connectivity index (χ2n) is 4.13. The van der Waals surface area contributed by atoms with Crippen molar-refractivity contribution in [2.75, 3.05) is 0 Å². The number of aromatic nitrogens is 2. The molecule has 0 aliphatic heterocycles. The molecule has 2 nitrogen and oxygen atoms in total. The van der Waals surface area contributed by atoms with Gasteiger partial charge in [0.15, 0.2) is 0 Å². The first-order valence-corrected chi connectivity index (χ1v) is 6.53. The van der Waals surface area contributed by atoms with Gasteiger partial charge in [0.2, 0.25) is 0 Å². The molecule has 0 spiro atoms. The highest BCUT2D eigenvalue weighted by atomic mass is 14.6. The van der Waals surface area contributed by atoms with Gasteiger partial charge < -0.3 is 0 Å². The summed E-state index contributed by atoms with van der Waals surface area (Å²) < 4.78 is 0. The summed E-state index contributed by atoms with van der Waals surface area (Å²) >= 11 is 0. The first-order valence-electron chi connectivity index (χ1n) is 6.53. The van der Waals surface area contributed by atoms with Gasteiger partial charge in [-0.2, -0.15) is 0 Å². The average Bonchev–Trinajstić information content (AvgIpc) is 2.55. The van der Waals surface area contributed by atoms with Crippen LogP contribution >= 0.6 is 0 Å². The molecular formula is C18H20N2. The van der Waals surface area contributed by atoms with Gasteiger partial charge in [-0.3, -0.25) is 9.97 Å². The van der Waals surface area contributed by atoms with E-state index in [9.17, 15) is 0 Å². The van der Waals surface area contributed by atoms with Gasteiger partial charge in [0.1, 0.15) is 0 Å². The van der Waals surface area contributed by atoms with Crippen molar-refractivity contribution in [3.63, 3.8) is 0 Å². The number of hydrogen-bond donors (Lipinski definition) is 0. The maximum absolute atomic E-state index is 3.78. The van der Waals surface area contributed by atoms with Gasteiger partial charge in [-0.05, 0) is 49.2 Å². The molecule has 20 heavy (non-hydrogen) atoms. The molecule has 0 N–H and O–H groups in total. The molecule has 0 radical (unpaired) electrons. The Hall–Kier alpha value is -2.48. The van der Waals surface area contributed by atoms with Gasteiger partial charge >= 0.3 is 0 Å².